The molecule has 0 fully saturated rings. The van der Waals surface area contributed by atoms with Crippen molar-refractivity contribution in [3.05, 3.63) is 54.3 Å². The lowest BCUT2D eigenvalue weighted by atomic mass is 10.2. The van der Waals surface area contributed by atoms with Gasteiger partial charge in [-0.15, -0.1) is 0 Å². The predicted octanol–water partition coefficient (Wildman–Crippen LogP) is 3.37. The normalized spacial score (nSPS) is 11.3. The van der Waals surface area contributed by atoms with E-state index in [1.165, 1.54) is 5.39 Å². The van der Waals surface area contributed by atoms with Gasteiger partial charge in [0, 0.05) is 30.7 Å². The molecule has 0 amide bonds. The van der Waals surface area contributed by atoms with Crippen molar-refractivity contribution in [3.63, 3.8) is 0 Å². The van der Waals surface area contributed by atoms with Gasteiger partial charge >= 0.3 is 0 Å². The maximum atomic E-state index is 5.78. The summed E-state index contributed by atoms with van der Waals surface area (Å²) in [6.45, 7) is 4.90. The van der Waals surface area contributed by atoms with E-state index >= 15 is 0 Å². The summed E-state index contributed by atoms with van der Waals surface area (Å²) in [6, 6.07) is 10.2. The minimum atomic E-state index is 0.777. The Morgan fingerprint density at radius 3 is 3.05 bits per heavy atom. The van der Waals surface area contributed by atoms with Crippen LogP contribution in [0.3, 0.4) is 0 Å². The van der Waals surface area contributed by atoms with Gasteiger partial charge in [-0.3, -0.25) is 0 Å². The zero-order chi connectivity index (χ0) is 14.5. The van der Waals surface area contributed by atoms with E-state index in [2.05, 4.69) is 40.1 Å². The van der Waals surface area contributed by atoms with Crippen LogP contribution in [-0.2, 0) is 19.5 Å². The van der Waals surface area contributed by atoms with Gasteiger partial charge in [-0.1, -0.05) is 25.1 Å². The van der Waals surface area contributed by atoms with Crippen LogP contribution >= 0.6 is 0 Å². The molecule has 0 saturated heterocycles. The summed E-state index contributed by atoms with van der Waals surface area (Å²) in [5, 5.41) is 4.60. The number of fused-ring (bicyclic) bond motifs is 1. The molecule has 1 N–H and O–H groups in total. The largest absolute Gasteiger partial charge is 0.460 e. The molecule has 0 saturated carbocycles. The Kier molecular flexibility index (Phi) is 4.36. The molecule has 0 aliphatic carbocycles. The van der Waals surface area contributed by atoms with Crippen molar-refractivity contribution in [2.45, 2.75) is 32.9 Å². The molecular weight excluding hydrogens is 262 g/mol. The third-order valence-electron chi connectivity index (χ3n) is 3.65. The van der Waals surface area contributed by atoms with Crippen LogP contribution in [0.25, 0.3) is 11.0 Å². The second kappa shape index (κ2) is 6.59. The zero-order valence-electron chi connectivity index (χ0n) is 12.4. The summed E-state index contributed by atoms with van der Waals surface area (Å²) in [5.41, 5.74) is 0.959. The SMILES string of the molecule is CCc1nccn1CCCNCc1cc2ccccc2o1. The van der Waals surface area contributed by atoms with Crippen molar-refractivity contribution >= 4 is 11.0 Å². The summed E-state index contributed by atoms with van der Waals surface area (Å²) in [5.74, 6) is 2.15. The second-order valence-corrected chi connectivity index (χ2v) is 5.17. The van der Waals surface area contributed by atoms with Crippen LogP contribution in [0.1, 0.15) is 24.9 Å². The summed E-state index contributed by atoms with van der Waals surface area (Å²) in [6.07, 6.45) is 6.00. The molecule has 21 heavy (non-hydrogen) atoms. The molecule has 4 heteroatoms. The van der Waals surface area contributed by atoms with Crippen molar-refractivity contribution in [1.82, 2.24) is 14.9 Å². The van der Waals surface area contributed by atoms with Gasteiger partial charge in [0.1, 0.15) is 17.2 Å². The van der Waals surface area contributed by atoms with Crippen LogP contribution in [0, 0.1) is 0 Å². The Morgan fingerprint density at radius 1 is 1.29 bits per heavy atom. The number of nitrogens with one attached hydrogen (secondary N) is 1. The molecule has 0 unspecified atom stereocenters. The number of benzene rings is 1. The number of hydrogen-bond acceptors (Lipinski definition) is 3. The number of aromatic nitrogens is 2. The highest BCUT2D eigenvalue weighted by atomic mass is 16.3. The lowest BCUT2D eigenvalue weighted by molar-refractivity contribution is 0.498. The number of hydrogen-bond donors (Lipinski definition) is 1. The Balaban J connectivity index is 1.44. The maximum absolute atomic E-state index is 5.78. The van der Waals surface area contributed by atoms with Crippen LogP contribution in [0.4, 0.5) is 0 Å². The summed E-state index contributed by atoms with van der Waals surface area (Å²) >= 11 is 0. The topological polar surface area (TPSA) is 43.0 Å². The fourth-order valence-electron chi connectivity index (χ4n) is 2.57. The minimum absolute atomic E-state index is 0.777. The molecule has 3 aromatic rings. The van der Waals surface area contributed by atoms with E-state index in [1.807, 2.05) is 24.4 Å². The van der Waals surface area contributed by atoms with Gasteiger partial charge < -0.3 is 14.3 Å². The molecule has 4 nitrogen and oxygen atoms in total. The van der Waals surface area contributed by atoms with E-state index in [0.29, 0.717) is 0 Å². The molecule has 110 valence electrons. The van der Waals surface area contributed by atoms with Gasteiger partial charge in [0.25, 0.3) is 0 Å². The standard InChI is InChI=1S/C17H21N3O/c1-2-17-19-9-11-20(17)10-5-8-18-13-15-12-14-6-3-4-7-16(14)21-15/h3-4,6-7,9,11-12,18H,2,5,8,10,13H2,1H3. The lowest BCUT2D eigenvalue weighted by Crippen LogP contribution is -2.16. The number of nitrogens with zero attached hydrogens (tertiary/aromatic N) is 2. The Morgan fingerprint density at radius 2 is 2.19 bits per heavy atom. The smallest absolute Gasteiger partial charge is 0.134 e. The molecule has 2 heterocycles. The minimum Gasteiger partial charge on any atom is -0.460 e. The second-order valence-electron chi connectivity index (χ2n) is 5.17. The molecule has 0 atom stereocenters. The van der Waals surface area contributed by atoms with Gasteiger partial charge in [-0.25, -0.2) is 4.98 Å². The summed E-state index contributed by atoms with van der Waals surface area (Å²) in [7, 11) is 0. The molecule has 3 rings (SSSR count). The first-order valence-corrected chi connectivity index (χ1v) is 7.55. The number of rotatable bonds is 7. The summed E-state index contributed by atoms with van der Waals surface area (Å²) in [4.78, 5) is 4.33. The molecule has 0 aliphatic rings. The Hall–Kier alpha value is -2.07. The first-order valence-electron chi connectivity index (χ1n) is 7.55. The summed E-state index contributed by atoms with van der Waals surface area (Å²) < 4.78 is 8.00. The van der Waals surface area contributed by atoms with E-state index in [9.17, 15) is 0 Å². The first kappa shape index (κ1) is 13.9. The highest BCUT2D eigenvalue weighted by Gasteiger charge is 2.03. The van der Waals surface area contributed by atoms with Crippen molar-refractivity contribution in [2.24, 2.45) is 0 Å². The van der Waals surface area contributed by atoms with Crippen molar-refractivity contribution in [1.29, 1.82) is 0 Å². The fourth-order valence-corrected chi connectivity index (χ4v) is 2.57. The molecule has 0 aliphatic heterocycles. The van der Waals surface area contributed by atoms with Crippen LogP contribution in [0.2, 0.25) is 0 Å². The Labute approximate surface area is 124 Å². The van der Waals surface area contributed by atoms with E-state index in [1.54, 1.807) is 0 Å². The fraction of sp³-hybridized carbons (Fsp3) is 0.353. The van der Waals surface area contributed by atoms with Gasteiger partial charge in [-0.05, 0) is 25.1 Å². The van der Waals surface area contributed by atoms with Crippen LogP contribution in [0.5, 0.6) is 0 Å². The van der Waals surface area contributed by atoms with Gasteiger partial charge in [-0.2, -0.15) is 0 Å². The number of aryl methyl sites for hydroxylation is 2. The quantitative estimate of drug-likeness (QED) is 0.676. The number of imidazole rings is 1. The Bertz CT molecular complexity index is 666. The molecule has 1 aromatic carbocycles. The highest BCUT2D eigenvalue weighted by molar-refractivity contribution is 5.77. The average Bonchev–Trinajstić information content (AvgIpc) is 3.12. The van der Waals surface area contributed by atoms with Crippen LogP contribution in [-0.4, -0.2) is 16.1 Å². The van der Waals surface area contributed by atoms with Crippen LogP contribution in [0.15, 0.2) is 47.1 Å². The van der Waals surface area contributed by atoms with Gasteiger partial charge in [0.2, 0.25) is 0 Å². The average molecular weight is 283 g/mol. The first-order chi connectivity index (χ1) is 10.4. The third kappa shape index (κ3) is 3.34. The third-order valence-corrected chi connectivity index (χ3v) is 3.65. The molecule has 0 radical (unpaired) electrons. The monoisotopic (exact) mass is 283 g/mol. The molecule has 2 aromatic heterocycles. The number of furan rings is 1. The van der Waals surface area contributed by atoms with E-state index in [-0.39, 0.29) is 0 Å². The van der Waals surface area contributed by atoms with Crippen molar-refractivity contribution < 1.29 is 4.42 Å². The van der Waals surface area contributed by atoms with Crippen LogP contribution < -0.4 is 5.32 Å². The van der Waals surface area contributed by atoms with E-state index < -0.39 is 0 Å². The maximum Gasteiger partial charge on any atom is 0.134 e. The highest BCUT2D eigenvalue weighted by Crippen LogP contribution is 2.18. The zero-order valence-corrected chi connectivity index (χ0v) is 12.4. The van der Waals surface area contributed by atoms with Gasteiger partial charge in [0.15, 0.2) is 0 Å². The number of para-hydroxylation sites is 1. The van der Waals surface area contributed by atoms with Gasteiger partial charge in [0.05, 0.1) is 6.54 Å². The van der Waals surface area contributed by atoms with Crippen molar-refractivity contribution in [3.8, 4) is 0 Å². The van der Waals surface area contributed by atoms with Crippen molar-refractivity contribution in [2.75, 3.05) is 6.54 Å². The molecule has 0 bridgehead atoms. The van der Waals surface area contributed by atoms with E-state index in [4.69, 9.17) is 4.42 Å². The molecule has 0 spiro atoms. The predicted molar refractivity (Wildman–Crippen MR) is 84.1 cm³/mol. The lowest BCUT2D eigenvalue weighted by Gasteiger charge is -2.06. The molecular formula is C17H21N3O. The van der Waals surface area contributed by atoms with E-state index in [0.717, 1.165) is 49.6 Å².